The molecular weight excluding hydrogens is 526 g/mol. The predicted octanol–water partition coefficient (Wildman–Crippen LogP) is 4.06. The maximum absolute atomic E-state index is 13.5. The molecule has 0 radical (unpaired) electrons. The van der Waals surface area contributed by atoms with E-state index in [1.165, 1.54) is 4.31 Å². The number of aliphatic hydroxyl groups is 1. The van der Waals surface area contributed by atoms with E-state index in [0.29, 0.717) is 38.8 Å². The topological polar surface area (TPSA) is 116 Å². The highest BCUT2D eigenvalue weighted by atomic mass is 32.2. The molecule has 0 saturated heterocycles. The number of nitrogens with one attached hydrogen (secondary N) is 2. The zero-order chi connectivity index (χ0) is 29.9. The fourth-order valence-electron chi connectivity index (χ4n) is 4.25. The van der Waals surface area contributed by atoms with Gasteiger partial charge in [0.1, 0.15) is 6.04 Å². The van der Waals surface area contributed by atoms with Gasteiger partial charge in [-0.05, 0) is 43.4 Å². The summed E-state index contributed by atoms with van der Waals surface area (Å²) >= 11 is 0. The average molecular weight is 574 g/mol. The Labute approximate surface area is 240 Å². The van der Waals surface area contributed by atoms with E-state index in [9.17, 15) is 23.1 Å². The number of nitrogens with zero attached hydrogens (tertiary/aromatic N) is 1. The third-order valence-electron chi connectivity index (χ3n) is 6.64. The lowest BCUT2D eigenvalue weighted by Crippen LogP contribution is -2.51. The highest BCUT2D eigenvalue weighted by molar-refractivity contribution is 7.89. The van der Waals surface area contributed by atoms with Crippen LogP contribution in [0.1, 0.15) is 65.0 Å². The molecule has 0 aliphatic carbocycles. The number of unbranched alkanes of at least 4 members (excludes halogenated alkanes) is 1. The van der Waals surface area contributed by atoms with Crippen LogP contribution in [-0.2, 0) is 26.0 Å². The molecule has 222 valence electrons. The third kappa shape index (κ3) is 10.3. The van der Waals surface area contributed by atoms with Gasteiger partial charge in [0.25, 0.3) is 0 Å². The normalized spacial score (nSPS) is 13.7. The fraction of sp³-hybridized carbons (Fsp3) is 0.548. The quantitative estimate of drug-likeness (QED) is 0.278. The molecule has 9 heteroatoms. The van der Waals surface area contributed by atoms with Crippen molar-refractivity contribution in [1.29, 1.82) is 0 Å². The second-order valence-electron chi connectivity index (χ2n) is 11.9. The minimum Gasteiger partial charge on any atom is -0.395 e. The first-order valence-corrected chi connectivity index (χ1v) is 15.5. The molecule has 0 unspecified atom stereocenters. The van der Waals surface area contributed by atoms with E-state index in [1.54, 1.807) is 45.0 Å². The highest BCUT2D eigenvalue weighted by Crippen LogP contribution is 2.23. The van der Waals surface area contributed by atoms with Crippen molar-refractivity contribution < 1.29 is 23.1 Å². The van der Waals surface area contributed by atoms with Crippen molar-refractivity contribution in [2.24, 2.45) is 11.3 Å². The first kappa shape index (κ1) is 33.5. The molecule has 0 bridgehead atoms. The summed E-state index contributed by atoms with van der Waals surface area (Å²) in [4.78, 5) is 25.9. The molecular formula is C31H47N3O5S. The van der Waals surface area contributed by atoms with Gasteiger partial charge in [-0.15, -0.1) is 0 Å². The molecule has 0 spiro atoms. The van der Waals surface area contributed by atoms with Gasteiger partial charge < -0.3 is 15.7 Å². The summed E-state index contributed by atoms with van der Waals surface area (Å²) < 4.78 is 28.3. The maximum atomic E-state index is 13.5. The van der Waals surface area contributed by atoms with Crippen molar-refractivity contribution in [1.82, 2.24) is 14.9 Å². The van der Waals surface area contributed by atoms with E-state index in [-0.39, 0.29) is 29.2 Å². The van der Waals surface area contributed by atoms with E-state index in [4.69, 9.17) is 0 Å². The van der Waals surface area contributed by atoms with Gasteiger partial charge in [-0.25, -0.2) is 8.42 Å². The van der Waals surface area contributed by atoms with Gasteiger partial charge in [-0.3, -0.25) is 9.59 Å². The zero-order valence-electron chi connectivity index (χ0n) is 24.8. The summed E-state index contributed by atoms with van der Waals surface area (Å²) in [5.74, 6) is -0.378. The van der Waals surface area contributed by atoms with E-state index in [2.05, 4.69) is 10.6 Å². The van der Waals surface area contributed by atoms with Crippen molar-refractivity contribution in [3.8, 4) is 0 Å². The van der Waals surface area contributed by atoms with Crippen LogP contribution in [-0.4, -0.2) is 61.4 Å². The standard InChI is InChI=1S/C31H47N3O5S/c1-23(2)21-34(40(38,39)27-17-15-24(3)16-18-27)26(22-35)14-10-11-19-32-29(36)28(33-30(37)31(4,5)6)20-25-12-8-7-9-13-25/h7-9,12-13,15-18,23,26,28,35H,10-11,14,19-22H2,1-6H3,(H,32,36)(H,33,37)/t26-,28-/m0/s1. The molecule has 40 heavy (non-hydrogen) atoms. The molecule has 0 heterocycles. The summed E-state index contributed by atoms with van der Waals surface area (Å²) in [5.41, 5.74) is 1.29. The molecule has 2 aromatic carbocycles. The average Bonchev–Trinajstić information content (AvgIpc) is 2.89. The minimum absolute atomic E-state index is 0.0819. The lowest BCUT2D eigenvalue weighted by molar-refractivity contribution is -0.133. The number of aryl methyl sites for hydroxylation is 1. The first-order valence-electron chi connectivity index (χ1n) is 14.1. The van der Waals surface area contributed by atoms with Crippen LogP contribution >= 0.6 is 0 Å². The van der Waals surface area contributed by atoms with Crippen molar-refractivity contribution in [3.05, 3.63) is 65.7 Å². The lowest BCUT2D eigenvalue weighted by Gasteiger charge is -2.31. The van der Waals surface area contributed by atoms with Gasteiger partial charge in [0.15, 0.2) is 0 Å². The molecule has 0 saturated carbocycles. The largest absolute Gasteiger partial charge is 0.395 e. The van der Waals surface area contributed by atoms with Gasteiger partial charge in [0, 0.05) is 31.0 Å². The molecule has 0 fully saturated rings. The predicted molar refractivity (Wildman–Crippen MR) is 159 cm³/mol. The Morgan fingerprint density at radius 1 is 0.975 bits per heavy atom. The molecule has 0 aliphatic heterocycles. The van der Waals surface area contributed by atoms with Crippen LogP contribution in [0.15, 0.2) is 59.5 Å². The van der Waals surface area contributed by atoms with Gasteiger partial charge in [-0.2, -0.15) is 4.31 Å². The van der Waals surface area contributed by atoms with E-state index < -0.39 is 27.5 Å². The Morgan fingerprint density at radius 3 is 2.15 bits per heavy atom. The van der Waals surface area contributed by atoms with Crippen LogP contribution in [0.4, 0.5) is 0 Å². The number of hydrogen-bond acceptors (Lipinski definition) is 5. The van der Waals surface area contributed by atoms with Crippen LogP contribution in [0.3, 0.4) is 0 Å². The Kier molecular flexibility index (Phi) is 12.8. The number of sulfonamides is 1. The number of hydrogen-bond donors (Lipinski definition) is 3. The van der Waals surface area contributed by atoms with E-state index >= 15 is 0 Å². The van der Waals surface area contributed by atoms with Crippen molar-refractivity contribution in [2.75, 3.05) is 19.7 Å². The lowest BCUT2D eigenvalue weighted by atomic mass is 9.94. The van der Waals surface area contributed by atoms with E-state index in [1.807, 2.05) is 51.1 Å². The van der Waals surface area contributed by atoms with Crippen molar-refractivity contribution >= 4 is 21.8 Å². The maximum Gasteiger partial charge on any atom is 0.243 e. The second-order valence-corrected chi connectivity index (χ2v) is 13.8. The molecule has 0 aliphatic rings. The smallest absolute Gasteiger partial charge is 0.243 e. The SMILES string of the molecule is Cc1ccc(S(=O)(=O)N(CC(C)C)[C@H](CO)CCCCNC(=O)[C@H](Cc2ccccc2)NC(=O)C(C)(C)C)cc1. The molecule has 3 N–H and O–H groups in total. The monoisotopic (exact) mass is 573 g/mol. The van der Waals surface area contributed by atoms with Crippen LogP contribution in [0, 0.1) is 18.3 Å². The molecule has 8 nitrogen and oxygen atoms in total. The summed E-state index contributed by atoms with van der Waals surface area (Å²) in [6.45, 7) is 11.6. The number of carbonyl (C=O) groups excluding carboxylic acids is 2. The van der Waals surface area contributed by atoms with Gasteiger partial charge in [-0.1, -0.05) is 89.1 Å². The Balaban J connectivity index is 2.00. The van der Waals surface area contributed by atoms with E-state index in [0.717, 1.165) is 11.1 Å². The van der Waals surface area contributed by atoms with Crippen LogP contribution in [0.5, 0.6) is 0 Å². The van der Waals surface area contributed by atoms with Crippen LogP contribution < -0.4 is 10.6 Å². The summed E-state index contributed by atoms with van der Waals surface area (Å²) in [6, 6.07) is 15.0. The number of aliphatic hydroxyl groups excluding tert-OH is 1. The Bertz CT molecular complexity index is 1180. The first-order chi connectivity index (χ1) is 18.8. The number of amides is 2. The molecule has 2 aromatic rings. The van der Waals surface area contributed by atoms with Crippen molar-refractivity contribution in [3.63, 3.8) is 0 Å². The van der Waals surface area contributed by atoms with Gasteiger partial charge >= 0.3 is 0 Å². The van der Waals surface area contributed by atoms with Crippen LogP contribution in [0.2, 0.25) is 0 Å². The summed E-state index contributed by atoms with van der Waals surface area (Å²) in [5, 5.41) is 16.0. The minimum atomic E-state index is -3.78. The Morgan fingerprint density at radius 2 is 1.60 bits per heavy atom. The fourth-order valence-corrected chi connectivity index (χ4v) is 6.06. The molecule has 2 amide bonds. The molecule has 2 rings (SSSR count). The summed E-state index contributed by atoms with van der Waals surface area (Å²) in [7, 11) is -3.78. The molecule has 0 aromatic heterocycles. The third-order valence-corrected chi connectivity index (χ3v) is 8.57. The van der Waals surface area contributed by atoms with Crippen LogP contribution in [0.25, 0.3) is 0 Å². The number of carbonyl (C=O) groups is 2. The number of benzene rings is 2. The van der Waals surface area contributed by atoms with Gasteiger partial charge in [0.2, 0.25) is 21.8 Å². The Hall–Kier alpha value is -2.75. The van der Waals surface area contributed by atoms with Gasteiger partial charge in [0.05, 0.1) is 11.5 Å². The molecule has 2 atom stereocenters. The highest BCUT2D eigenvalue weighted by Gasteiger charge is 2.32. The van der Waals surface area contributed by atoms with Crippen molar-refractivity contribution in [2.45, 2.75) is 84.2 Å². The number of rotatable bonds is 15. The second kappa shape index (κ2) is 15.3. The zero-order valence-corrected chi connectivity index (χ0v) is 25.6. The summed E-state index contributed by atoms with van der Waals surface area (Å²) in [6.07, 6.45) is 2.05.